The summed E-state index contributed by atoms with van der Waals surface area (Å²) in [6, 6.07) is 9.38. The second-order valence-corrected chi connectivity index (χ2v) is 8.27. The van der Waals surface area contributed by atoms with E-state index in [1.54, 1.807) is 17.0 Å². The minimum atomic E-state index is -0.153. The molecule has 3 heterocycles. The lowest BCUT2D eigenvalue weighted by atomic mass is 10.3. The third kappa shape index (κ3) is 4.93. The Kier molecular flexibility index (Phi) is 7.48. The van der Waals surface area contributed by atoms with Gasteiger partial charge in [0, 0.05) is 30.7 Å². The Labute approximate surface area is 182 Å². The molecule has 150 valence electrons. The molecule has 0 saturated carbocycles. The van der Waals surface area contributed by atoms with Gasteiger partial charge in [0.15, 0.2) is 10.9 Å². The smallest absolute Gasteiger partial charge is 0.295 e. The number of aromatic nitrogens is 1. The average Bonchev–Trinajstić information content (AvgIpc) is 3.35. The fraction of sp³-hybridized carbons (Fsp3) is 0.368. The Morgan fingerprint density at radius 1 is 1.29 bits per heavy atom. The maximum atomic E-state index is 13.0. The van der Waals surface area contributed by atoms with Crippen LogP contribution >= 0.6 is 39.7 Å². The van der Waals surface area contributed by atoms with Crippen LogP contribution in [0.4, 0.5) is 5.13 Å². The molecule has 6 nitrogen and oxygen atoms in total. The van der Waals surface area contributed by atoms with E-state index in [1.165, 1.54) is 17.6 Å². The predicted octanol–water partition coefficient (Wildman–Crippen LogP) is 4.44. The molecule has 28 heavy (non-hydrogen) atoms. The van der Waals surface area contributed by atoms with Crippen LogP contribution in [0.3, 0.4) is 0 Å². The number of nitrogens with zero attached hydrogens (tertiary/aromatic N) is 3. The van der Waals surface area contributed by atoms with Crippen LogP contribution in [0.5, 0.6) is 0 Å². The van der Waals surface area contributed by atoms with Gasteiger partial charge < -0.3 is 9.15 Å². The van der Waals surface area contributed by atoms with E-state index in [0.717, 1.165) is 54.0 Å². The highest BCUT2D eigenvalue weighted by molar-refractivity contribution is 9.10. The number of hydrogen-bond acceptors (Lipinski definition) is 6. The maximum Gasteiger partial charge on any atom is 0.295 e. The number of hydrogen-bond donors (Lipinski definition) is 0. The number of carbonyl (C=O) groups excluding carboxylic acids is 1. The maximum absolute atomic E-state index is 13.0. The van der Waals surface area contributed by atoms with Crippen molar-refractivity contribution in [2.75, 3.05) is 44.3 Å². The first kappa shape index (κ1) is 21.3. The van der Waals surface area contributed by atoms with Gasteiger partial charge in [-0.2, -0.15) is 0 Å². The van der Waals surface area contributed by atoms with Gasteiger partial charge in [0.25, 0.3) is 5.91 Å². The van der Waals surface area contributed by atoms with Crippen LogP contribution in [-0.4, -0.2) is 55.2 Å². The standard InChI is InChI=1S/C19H20BrN3O3S.ClH/c20-14-4-5-15-17(13-14)27-19(21-15)23(18(24)16-3-1-10-26-16)7-2-6-22-8-11-25-12-9-22;/h1,3-5,10,13H,2,6-9,11-12H2;1H. The molecule has 4 rings (SSSR count). The van der Waals surface area contributed by atoms with E-state index < -0.39 is 0 Å². The number of rotatable bonds is 6. The Morgan fingerprint density at radius 2 is 2.11 bits per heavy atom. The van der Waals surface area contributed by atoms with Gasteiger partial charge in [-0.15, -0.1) is 12.4 Å². The molecule has 1 aliphatic rings. The molecule has 0 radical (unpaired) electrons. The highest BCUT2D eigenvalue weighted by atomic mass is 79.9. The minimum Gasteiger partial charge on any atom is -0.459 e. The van der Waals surface area contributed by atoms with Gasteiger partial charge in [0.1, 0.15) is 0 Å². The molecule has 1 amide bonds. The normalized spacial score (nSPS) is 14.8. The molecule has 0 N–H and O–H groups in total. The molecule has 0 unspecified atom stereocenters. The van der Waals surface area contributed by atoms with E-state index in [2.05, 4.69) is 25.8 Å². The highest BCUT2D eigenvalue weighted by Gasteiger charge is 2.23. The molecule has 1 aliphatic heterocycles. The monoisotopic (exact) mass is 485 g/mol. The largest absolute Gasteiger partial charge is 0.459 e. The van der Waals surface area contributed by atoms with Crippen LogP contribution in [0.15, 0.2) is 45.5 Å². The lowest BCUT2D eigenvalue weighted by Gasteiger charge is -2.27. The molecule has 2 aromatic heterocycles. The number of anilines is 1. The molecule has 9 heteroatoms. The Bertz CT molecular complexity index is 912. The van der Waals surface area contributed by atoms with Gasteiger partial charge in [-0.1, -0.05) is 27.3 Å². The van der Waals surface area contributed by atoms with Crippen molar-refractivity contribution in [3.63, 3.8) is 0 Å². The third-order valence-corrected chi connectivity index (χ3v) is 6.04. The van der Waals surface area contributed by atoms with Crippen LogP contribution in [0.25, 0.3) is 10.2 Å². The summed E-state index contributed by atoms with van der Waals surface area (Å²) >= 11 is 5.01. The van der Waals surface area contributed by atoms with Crippen molar-refractivity contribution < 1.29 is 13.9 Å². The summed E-state index contributed by atoms with van der Waals surface area (Å²) in [4.78, 5) is 21.8. The molecule has 3 aromatic rings. The van der Waals surface area contributed by atoms with Crippen LogP contribution in [0.1, 0.15) is 17.0 Å². The second kappa shape index (κ2) is 9.84. The fourth-order valence-electron chi connectivity index (χ4n) is 3.10. The molecule has 1 saturated heterocycles. The fourth-order valence-corrected chi connectivity index (χ4v) is 4.64. The second-order valence-electron chi connectivity index (χ2n) is 6.35. The summed E-state index contributed by atoms with van der Waals surface area (Å²) in [5.41, 5.74) is 0.892. The highest BCUT2D eigenvalue weighted by Crippen LogP contribution is 2.31. The predicted molar refractivity (Wildman–Crippen MR) is 117 cm³/mol. The topological polar surface area (TPSA) is 58.8 Å². The molecular formula is C19H21BrClN3O3S. The van der Waals surface area contributed by atoms with Crippen LogP contribution < -0.4 is 4.90 Å². The summed E-state index contributed by atoms with van der Waals surface area (Å²) < 4.78 is 12.8. The summed E-state index contributed by atoms with van der Waals surface area (Å²) in [6.07, 6.45) is 2.39. The van der Waals surface area contributed by atoms with Crippen molar-refractivity contribution in [3.05, 3.63) is 46.8 Å². The van der Waals surface area contributed by atoms with Crippen LogP contribution in [0.2, 0.25) is 0 Å². The first-order valence-corrected chi connectivity index (χ1v) is 10.5. The quantitative estimate of drug-likeness (QED) is 0.515. The minimum absolute atomic E-state index is 0. The van der Waals surface area contributed by atoms with E-state index in [4.69, 9.17) is 9.15 Å². The lowest BCUT2D eigenvalue weighted by Crippen LogP contribution is -2.39. The van der Waals surface area contributed by atoms with Crippen molar-refractivity contribution in [2.45, 2.75) is 6.42 Å². The van der Waals surface area contributed by atoms with Gasteiger partial charge >= 0.3 is 0 Å². The summed E-state index contributed by atoms with van der Waals surface area (Å²) in [5, 5.41) is 0.700. The van der Waals surface area contributed by atoms with Crippen molar-refractivity contribution in [3.8, 4) is 0 Å². The van der Waals surface area contributed by atoms with Gasteiger partial charge in [-0.05, 0) is 36.8 Å². The van der Waals surface area contributed by atoms with Crippen molar-refractivity contribution in [2.24, 2.45) is 0 Å². The van der Waals surface area contributed by atoms with Gasteiger partial charge in [-0.25, -0.2) is 4.98 Å². The first-order valence-electron chi connectivity index (χ1n) is 8.92. The summed E-state index contributed by atoms with van der Waals surface area (Å²) in [7, 11) is 0. The van der Waals surface area contributed by atoms with Crippen LogP contribution in [0, 0.1) is 0 Å². The SMILES string of the molecule is Cl.O=C(c1ccco1)N(CCCN1CCOCC1)c1nc2ccc(Br)cc2s1. The number of ether oxygens (including phenoxy) is 1. The molecular weight excluding hydrogens is 466 g/mol. The summed E-state index contributed by atoms with van der Waals surface area (Å²) in [6.45, 7) is 4.98. The van der Waals surface area contributed by atoms with E-state index in [9.17, 15) is 4.79 Å². The zero-order valence-electron chi connectivity index (χ0n) is 15.2. The number of morpholine rings is 1. The van der Waals surface area contributed by atoms with Crippen LogP contribution in [-0.2, 0) is 4.74 Å². The molecule has 0 spiro atoms. The van der Waals surface area contributed by atoms with E-state index >= 15 is 0 Å². The number of furan rings is 1. The van der Waals surface area contributed by atoms with Crippen molar-refractivity contribution >= 4 is 60.9 Å². The van der Waals surface area contributed by atoms with Crippen molar-refractivity contribution in [1.29, 1.82) is 0 Å². The Morgan fingerprint density at radius 3 is 2.86 bits per heavy atom. The van der Waals surface area contributed by atoms with Gasteiger partial charge in [-0.3, -0.25) is 14.6 Å². The molecule has 1 fully saturated rings. The zero-order valence-corrected chi connectivity index (χ0v) is 18.4. The van der Waals surface area contributed by atoms with Crippen molar-refractivity contribution in [1.82, 2.24) is 9.88 Å². The number of amides is 1. The van der Waals surface area contributed by atoms with Gasteiger partial charge in [0.2, 0.25) is 0 Å². The average molecular weight is 487 g/mol. The number of halogens is 2. The molecule has 0 bridgehead atoms. The van der Waals surface area contributed by atoms with E-state index in [1.807, 2.05) is 18.2 Å². The third-order valence-electron chi connectivity index (χ3n) is 4.51. The number of fused-ring (bicyclic) bond motifs is 1. The first-order chi connectivity index (χ1) is 13.2. The Balaban J connectivity index is 0.00000225. The molecule has 0 atom stereocenters. The van der Waals surface area contributed by atoms with E-state index in [-0.39, 0.29) is 18.3 Å². The zero-order chi connectivity index (χ0) is 18.6. The molecule has 1 aromatic carbocycles. The summed E-state index contributed by atoms with van der Waals surface area (Å²) in [5.74, 6) is 0.182. The lowest BCUT2D eigenvalue weighted by molar-refractivity contribution is 0.0376. The Hall–Kier alpha value is -1.45. The molecule has 0 aliphatic carbocycles. The number of thiazole rings is 1. The van der Waals surface area contributed by atoms with E-state index in [0.29, 0.717) is 17.4 Å². The number of carbonyl (C=O) groups is 1. The number of benzene rings is 1. The van der Waals surface area contributed by atoms with Gasteiger partial charge in [0.05, 0.1) is 29.7 Å².